The highest BCUT2D eigenvalue weighted by molar-refractivity contribution is 6.43. The van der Waals surface area contributed by atoms with Gasteiger partial charge in [-0.05, 0) is 49.2 Å². The van der Waals surface area contributed by atoms with Crippen LogP contribution in [0.4, 0.5) is 0 Å². The lowest BCUT2D eigenvalue weighted by atomic mass is 9.98. The molecular formula is C33H37ClN4O4. The van der Waals surface area contributed by atoms with Gasteiger partial charge < -0.3 is 9.64 Å². The predicted molar refractivity (Wildman–Crippen MR) is 163 cm³/mol. The van der Waals surface area contributed by atoms with Crippen molar-refractivity contribution in [2.75, 3.05) is 40.8 Å². The van der Waals surface area contributed by atoms with E-state index < -0.39 is 11.7 Å². The molecule has 0 N–H and O–H groups in total. The lowest BCUT2D eigenvalue weighted by Gasteiger charge is -2.24. The van der Waals surface area contributed by atoms with E-state index in [9.17, 15) is 14.4 Å². The number of rotatable bonds is 12. The van der Waals surface area contributed by atoms with Gasteiger partial charge in [0.1, 0.15) is 11.6 Å². The minimum Gasteiger partial charge on any atom is -0.496 e. The Kier molecular flexibility index (Phi) is 11.0. The molecule has 8 nitrogen and oxygen atoms in total. The van der Waals surface area contributed by atoms with Crippen molar-refractivity contribution in [3.63, 3.8) is 0 Å². The Morgan fingerprint density at radius 3 is 2.52 bits per heavy atom. The van der Waals surface area contributed by atoms with Crippen LogP contribution in [0, 0.1) is 0 Å². The lowest BCUT2D eigenvalue weighted by molar-refractivity contribution is -0.124. The Morgan fingerprint density at radius 1 is 1.02 bits per heavy atom. The van der Waals surface area contributed by atoms with Crippen molar-refractivity contribution in [1.82, 2.24) is 19.8 Å². The van der Waals surface area contributed by atoms with Crippen LogP contribution in [0.3, 0.4) is 0 Å². The first-order valence-corrected chi connectivity index (χ1v) is 14.5. The van der Waals surface area contributed by atoms with Gasteiger partial charge in [0, 0.05) is 57.2 Å². The van der Waals surface area contributed by atoms with Crippen LogP contribution in [0.25, 0.3) is 0 Å². The number of Topliss-reactive ketones (excluding diaryl/α,β-unsaturated/α-hetero) is 1. The van der Waals surface area contributed by atoms with Crippen LogP contribution in [0.1, 0.15) is 57.8 Å². The summed E-state index contributed by atoms with van der Waals surface area (Å²) in [6, 6.07) is 12.7. The van der Waals surface area contributed by atoms with E-state index in [1.807, 2.05) is 30.3 Å². The summed E-state index contributed by atoms with van der Waals surface area (Å²) in [5.41, 5.74) is 3.24. The molecule has 0 radical (unpaired) electrons. The van der Waals surface area contributed by atoms with E-state index in [1.165, 1.54) is 24.2 Å². The van der Waals surface area contributed by atoms with E-state index in [2.05, 4.69) is 9.88 Å². The van der Waals surface area contributed by atoms with Crippen molar-refractivity contribution in [3.8, 4) is 5.75 Å². The molecule has 220 valence electrons. The maximum Gasteiger partial charge on any atom is 0.294 e. The summed E-state index contributed by atoms with van der Waals surface area (Å²) in [5.74, 6) is 0.0586. The van der Waals surface area contributed by atoms with E-state index in [1.54, 1.807) is 51.7 Å². The van der Waals surface area contributed by atoms with Crippen LogP contribution >= 0.6 is 11.6 Å². The Labute approximate surface area is 252 Å². The van der Waals surface area contributed by atoms with E-state index in [4.69, 9.17) is 21.3 Å². The minimum absolute atomic E-state index is 0.0501. The summed E-state index contributed by atoms with van der Waals surface area (Å²) >= 11 is 6.47. The zero-order valence-electron chi connectivity index (χ0n) is 24.4. The number of likely N-dealkylation sites (tertiary alicyclic amines) is 1. The van der Waals surface area contributed by atoms with Gasteiger partial charge in [0.2, 0.25) is 0 Å². The molecule has 0 spiro atoms. The fraction of sp³-hybridized carbons (Fsp3) is 0.364. The third-order valence-electron chi connectivity index (χ3n) is 7.27. The number of hydrogen-bond acceptors (Lipinski definition) is 7. The summed E-state index contributed by atoms with van der Waals surface area (Å²) in [6.45, 7) is 2.99. The van der Waals surface area contributed by atoms with E-state index in [0.717, 1.165) is 30.8 Å². The number of ketones is 2. The number of ether oxygens (including phenoxy) is 1. The number of allylic oxidation sites excluding steroid dienone is 1. The Morgan fingerprint density at radius 2 is 1.79 bits per heavy atom. The molecule has 0 atom stereocenters. The molecule has 1 saturated heterocycles. The molecule has 9 heteroatoms. The van der Waals surface area contributed by atoms with Crippen LogP contribution < -0.4 is 4.74 Å². The van der Waals surface area contributed by atoms with Gasteiger partial charge in [-0.15, -0.1) is 0 Å². The van der Waals surface area contributed by atoms with E-state index in [0.29, 0.717) is 39.8 Å². The van der Waals surface area contributed by atoms with Crippen molar-refractivity contribution in [3.05, 3.63) is 99.6 Å². The third kappa shape index (κ3) is 8.33. The summed E-state index contributed by atoms with van der Waals surface area (Å²) in [6.07, 6.45) is 9.82. The van der Waals surface area contributed by atoms with Gasteiger partial charge in [0.05, 0.1) is 17.8 Å². The van der Waals surface area contributed by atoms with E-state index >= 15 is 0 Å². The summed E-state index contributed by atoms with van der Waals surface area (Å²) < 4.78 is 5.58. The fourth-order valence-corrected chi connectivity index (χ4v) is 5.19. The molecule has 1 aromatic heterocycles. The van der Waals surface area contributed by atoms with Gasteiger partial charge in [-0.25, -0.2) is 9.97 Å². The number of carbonyl (C=O) groups is 3. The average Bonchev–Trinajstić information content (AvgIpc) is 2.99. The molecule has 4 rings (SSSR count). The highest BCUT2D eigenvalue weighted by Crippen LogP contribution is 2.25. The van der Waals surface area contributed by atoms with Gasteiger partial charge in [0.25, 0.3) is 11.7 Å². The predicted octanol–water partition coefficient (Wildman–Crippen LogP) is 4.74. The van der Waals surface area contributed by atoms with Crippen molar-refractivity contribution >= 4 is 29.1 Å². The highest BCUT2D eigenvalue weighted by atomic mass is 35.5. The van der Waals surface area contributed by atoms with Crippen LogP contribution in [0.2, 0.25) is 5.02 Å². The van der Waals surface area contributed by atoms with Crippen LogP contribution in [0.15, 0.2) is 60.8 Å². The zero-order valence-corrected chi connectivity index (χ0v) is 25.2. The van der Waals surface area contributed by atoms with Crippen LogP contribution in [-0.4, -0.2) is 78.1 Å². The number of likely N-dealkylation sites (N-methyl/N-ethyl adjacent to an activating group) is 1. The van der Waals surface area contributed by atoms with Gasteiger partial charge >= 0.3 is 0 Å². The monoisotopic (exact) mass is 588 g/mol. The molecule has 0 unspecified atom stereocenters. The molecule has 0 saturated carbocycles. The maximum atomic E-state index is 12.8. The molecule has 0 bridgehead atoms. The van der Waals surface area contributed by atoms with Gasteiger partial charge in [-0.2, -0.15) is 0 Å². The summed E-state index contributed by atoms with van der Waals surface area (Å²) in [5, 5.41) is 0.364. The highest BCUT2D eigenvalue weighted by Gasteiger charge is 2.22. The number of halogens is 1. The number of amides is 1. The Bertz CT molecular complexity index is 1460. The minimum atomic E-state index is -0.597. The second-order valence-corrected chi connectivity index (χ2v) is 11.1. The van der Waals surface area contributed by atoms with Crippen LogP contribution in [-0.2, 0) is 28.9 Å². The topological polar surface area (TPSA) is 92.7 Å². The number of piperidine rings is 1. The number of aromatic nitrogens is 2. The molecule has 42 heavy (non-hydrogen) atoms. The standard InChI is InChI=1S/C33H37ClN4O4/c1-37(2)33(41)32(40)27-12-6-5-10-24(27)20-29-28(34)22-35-31(36-29)21-25-18-23(13-14-30(25)42-3)19-26(39)11-9-17-38-15-7-4-8-16-38/h5-6,9-14,18,22H,4,7-8,15-17,19-21H2,1-3H3/b11-9+. The normalized spacial score (nSPS) is 13.7. The molecule has 3 aromatic rings. The fourth-order valence-electron chi connectivity index (χ4n) is 5.03. The summed E-state index contributed by atoms with van der Waals surface area (Å²) in [4.78, 5) is 50.6. The number of methoxy groups -OCH3 is 1. The number of benzene rings is 2. The second-order valence-electron chi connectivity index (χ2n) is 10.7. The van der Waals surface area contributed by atoms with Crippen molar-refractivity contribution < 1.29 is 19.1 Å². The molecule has 2 aromatic carbocycles. The molecular weight excluding hydrogens is 552 g/mol. The lowest BCUT2D eigenvalue weighted by Crippen LogP contribution is -2.30. The first-order valence-electron chi connectivity index (χ1n) is 14.2. The van der Waals surface area contributed by atoms with Crippen molar-refractivity contribution in [2.45, 2.75) is 38.5 Å². The number of carbonyl (C=O) groups excluding carboxylic acids is 3. The summed E-state index contributed by atoms with van der Waals surface area (Å²) in [7, 11) is 4.69. The zero-order chi connectivity index (χ0) is 30.1. The largest absolute Gasteiger partial charge is 0.496 e. The molecule has 0 aliphatic carbocycles. The SMILES string of the molecule is COc1ccc(CC(=O)/C=C/CN2CCCCC2)cc1Cc1ncc(Cl)c(Cc2ccccc2C(=O)C(=O)N(C)C)n1. The number of nitrogens with zero attached hydrogens (tertiary/aromatic N) is 4. The molecule has 1 aliphatic heterocycles. The van der Waals surface area contributed by atoms with Gasteiger partial charge in [-0.3, -0.25) is 19.3 Å². The average molecular weight is 589 g/mol. The first kappa shape index (κ1) is 31.1. The maximum absolute atomic E-state index is 12.8. The van der Waals surface area contributed by atoms with Gasteiger partial charge in [0.15, 0.2) is 5.78 Å². The quantitative estimate of drug-likeness (QED) is 0.171. The van der Waals surface area contributed by atoms with Crippen LogP contribution in [0.5, 0.6) is 5.75 Å². The molecule has 1 amide bonds. The van der Waals surface area contributed by atoms with Gasteiger partial charge in [-0.1, -0.05) is 60.5 Å². The van der Waals surface area contributed by atoms with E-state index in [-0.39, 0.29) is 18.6 Å². The first-order chi connectivity index (χ1) is 20.2. The molecule has 2 heterocycles. The number of hydrogen-bond donors (Lipinski definition) is 0. The Hall–Kier alpha value is -3.88. The molecule has 1 fully saturated rings. The molecule has 1 aliphatic rings. The van der Waals surface area contributed by atoms with Crippen molar-refractivity contribution in [2.24, 2.45) is 0 Å². The van der Waals surface area contributed by atoms with Crippen molar-refractivity contribution in [1.29, 1.82) is 0 Å². The Balaban J connectivity index is 1.49. The third-order valence-corrected chi connectivity index (χ3v) is 7.59. The smallest absolute Gasteiger partial charge is 0.294 e. The second kappa shape index (κ2) is 14.8.